The van der Waals surface area contributed by atoms with Gasteiger partial charge in [-0.2, -0.15) is 10.2 Å². The maximum Gasteiger partial charge on any atom is 0.322 e. The summed E-state index contributed by atoms with van der Waals surface area (Å²) in [4.78, 5) is 15.5. The second-order valence-corrected chi connectivity index (χ2v) is 7.13. The van der Waals surface area contributed by atoms with Crippen molar-refractivity contribution in [2.45, 2.75) is 12.5 Å². The monoisotopic (exact) mass is 358 g/mol. The fraction of sp³-hybridized carbons (Fsp3) is 0.235. The molecular weight excluding hydrogens is 344 g/mol. The van der Waals surface area contributed by atoms with E-state index in [9.17, 15) is 4.79 Å². The Morgan fingerprint density at radius 3 is 3.04 bits per heavy atom. The number of urea groups is 1. The van der Waals surface area contributed by atoms with Crippen molar-refractivity contribution in [2.24, 2.45) is 10.2 Å². The number of rotatable bonds is 2. The quantitative estimate of drug-likeness (QED) is 0.797. The van der Waals surface area contributed by atoms with Crippen LogP contribution in [0.1, 0.15) is 17.3 Å². The fourth-order valence-corrected chi connectivity index (χ4v) is 3.93. The molecule has 1 aromatic carbocycles. The van der Waals surface area contributed by atoms with E-state index in [2.05, 4.69) is 21.6 Å². The predicted octanol–water partition coefficient (Wildman–Crippen LogP) is 5.10. The molecule has 1 N–H and O–H groups in total. The highest BCUT2D eigenvalue weighted by Gasteiger charge is 2.32. The summed E-state index contributed by atoms with van der Waals surface area (Å²) in [6.07, 6.45) is 0.740. The van der Waals surface area contributed by atoms with Gasteiger partial charge in [-0.05, 0) is 29.6 Å². The molecule has 0 bridgehead atoms. The van der Waals surface area contributed by atoms with Gasteiger partial charge in [0.05, 0.1) is 5.70 Å². The normalized spacial score (nSPS) is 19.5. The van der Waals surface area contributed by atoms with Crippen LogP contribution in [0, 0.1) is 0 Å². The van der Waals surface area contributed by atoms with Crippen molar-refractivity contribution in [3.05, 3.63) is 62.9 Å². The molecule has 4 rings (SSSR count). The molecule has 2 aliphatic rings. The Labute approximate surface area is 148 Å². The molecule has 0 aliphatic carbocycles. The van der Waals surface area contributed by atoms with Crippen molar-refractivity contribution in [3.8, 4) is 0 Å². The number of carbonyl (C=O) groups excluding carboxylic acids is 1. The Balaban J connectivity index is 1.48. The molecule has 1 unspecified atom stereocenters. The van der Waals surface area contributed by atoms with E-state index >= 15 is 0 Å². The van der Waals surface area contributed by atoms with Gasteiger partial charge in [0.2, 0.25) is 0 Å². The number of anilines is 1. The van der Waals surface area contributed by atoms with Crippen LogP contribution in [0.15, 0.2) is 63.3 Å². The molecule has 5 nitrogen and oxygen atoms in total. The van der Waals surface area contributed by atoms with Gasteiger partial charge in [0, 0.05) is 40.7 Å². The van der Waals surface area contributed by atoms with Crippen molar-refractivity contribution in [2.75, 3.05) is 18.4 Å². The number of thiophene rings is 1. The van der Waals surface area contributed by atoms with E-state index in [1.54, 1.807) is 28.4 Å². The third-order valence-electron chi connectivity index (χ3n) is 4.15. The molecule has 2 amide bonds. The Morgan fingerprint density at radius 2 is 2.25 bits per heavy atom. The van der Waals surface area contributed by atoms with Crippen LogP contribution in [0.4, 0.5) is 10.5 Å². The molecule has 2 aliphatic heterocycles. The standard InChI is InChI=1S/C17H15ClN4OS/c18-11-3-1-4-12(9-11)19-17(23)22-7-6-14-13(10-22)16(21-20-14)15-5-2-8-24-15/h1-5,8-9,16H,6-7,10H2,(H,19,23). The van der Waals surface area contributed by atoms with Crippen molar-refractivity contribution in [3.63, 3.8) is 0 Å². The van der Waals surface area contributed by atoms with Crippen molar-refractivity contribution in [1.29, 1.82) is 0 Å². The molecule has 0 spiro atoms. The highest BCUT2D eigenvalue weighted by Crippen LogP contribution is 2.40. The summed E-state index contributed by atoms with van der Waals surface area (Å²) in [5, 5.41) is 14.3. The third kappa shape index (κ3) is 2.95. The summed E-state index contributed by atoms with van der Waals surface area (Å²) < 4.78 is 0. The molecule has 2 aromatic rings. The van der Waals surface area contributed by atoms with Crippen LogP contribution in [0.25, 0.3) is 0 Å². The van der Waals surface area contributed by atoms with Crippen LogP contribution >= 0.6 is 22.9 Å². The van der Waals surface area contributed by atoms with Gasteiger partial charge in [0.1, 0.15) is 6.04 Å². The first-order valence-electron chi connectivity index (χ1n) is 7.68. The van der Waals surface area contributed by atoms with Crippen LogP contribution in [0.2, 0.25) is 5.02 Å². The van der Waals surface area contributed by atoms with Crippen LogP contribution < -0.4 is 5.32 Å². The van der Waals surface area contributed by atoms with Crippen LogP contribution in [0.5, 0.6) is 0 Å². The molecule has 0 saturated carbocycles. The second kappa shape index (κ2) is 6.37. The molecule has 3 heterocycles. The minimum atomic E-state index is -0.124. The summed E-state index contributed by atoms with van der Waals surface area (Å²) in [5.74, 6) is 0. The lowest BCUT2D eigenvalue weighted by Crippen LogP contribution is -2.40. The SMILES string of the molecule is O=C(Nc1cccc(Cl)c1)N1CCC2=C(C1)C(c1cccs1)N=N2. The van der Waals surface area contributed by atoms with Crippen molar-refractivity contribution >= 4 is 34.7 Å². The van der Waals surface area contributed by atoms with Gasteiger partial charge in [-0.1, -0.05) is 23.7 Å². The zero-order chi connectivity index (χ0) is 16.5. The van der Waals surface area contributed by atoms with Gasteiger partial charge < -0.3 is 10.2 Å². The van der Waals surface area contributed by atoms with Crippen molar-refractivity contribution < 1.29 is 4.79 Å². The number of benzene rings is 1. The van der Waals surface area contributed by atoms with Gasteiger partial charge in [0.15, 0.2) is 0 Å². The lowest BCUT2D eigenvalue weighted by Gasteiger charge is -2.28. The summed E-state index contributed by atoms with van der Waals surface area (Å²) in [5.41, 5.74) is 2.85. The summed E-state index contributed by atoms with van der Waals surface area (Å²) in [6, 6.07) is 11.1. The topological polar surface area (TPSA) is 57.1 Å². The molecule has 24 heavy (non-hydrogen) atoms. The molecule has 7 heteroatoms. The number of nitrogens with zero attached hydrogens (tertiary/aromatic N) is 3. The van der Waals surface area contributed by atoms with E-state index in [1.165, 1.54) is 4.88 Å². The number of azo groups is 1. The highest BCUT2D eigenvalue weighted by atomic mass is 35.5. The summed E-state index contributed by atoms with van der Waals surface area (Å²) >= 11 is 7.64. The molecule has 0 fully saturated rings. The number of hydrogen-bond donors (Lipinski definition) is 1. The lowest BCUT2D eigenvalue weighted by molar-refractivity contribution is 0.213. The smallest absolute Gasteiger partial charge is 0.320 e. The van der Waals surface area contributed by atoms with E-state index in [1.807, 2.05) is 23.6 Å². The Morgan fingerprint density at radius 1 is 1.33 bits per heavy atom. The average Bonchev–Trinajstić information content (AvgIpc) is 3.23. The third-order valence-corrected chi connectivity index (χ3v) is 5.31. The van der Waals surface area contributed by atoms with E-state index in [0.29, 0.717) is 23.8 Å². The van der Waals surface area contributed by atoms with E-state index in [0.717, 1.165) is 17.7 Å². The first-order valence-corrected chi connectivity index (χ1v) is 8.94. The molecule has 1 atom stereocenters. The lowest BCUT2D eigenvalue weighted by atomic mass is 10.00. The summed E-state index contributed by atoms with van der Waals surface area (Å²) in [6.45, 7) is 1.19. The summed E-state index contributed by atoms with van der Waals surface area (Å²) in [7, 11) is 0. The number of halogens is 1. The maximum absolute atomic E-state index is 12.6. The molecular formula is C17H15ClN4OS. The zero-order valence-electron chi connectivity index (χ0n) is 12.8. The van der Waals surface area contributed by atoms with Crippen LogP contribution in [-0.2, 0) is 0 Å². The van der Waals surface area contributed by atoms with Gasteiger partial charge >= 0.3 is 6.03 Å². The van der Waals surface area contributed by atoms with E-state index < -0.39 is 0 Å². The van der Waals surface area contributed by atoms with Gasteiger partial charge in [-0.15, -0.1) is 11.3 Å². The molecule has 0 radical (unpaired) electrons. The molecule has 122 valence electrons. The van der Waals surface area contributed by atoms with Crippen LogP contribution in [0.3, 0.4) is 0 Å². The second-order valence-electron chi connectivity index (χ2n) is 5.72. The number of carbonyl (C=O) groups is 1. The van der Waals surface area contributed by atoms with Gasteiger partial charge in [-0.25, -0.2) is 4.79 Å². The number of amides is 2. The van der Waals surface area contributed by atoms with Crippen molar-refractivity contribution in [1.82, 2.24) is 4.90 Å². The Hall–Kier alpha value is -2.18. The average molecular weight is 359 g/mol. The van der Waals surface area contributed by atoms with E-state index in [4.69, 9.17) is 11.6 Å². The largest absolute Gasteiger partial charge is 0.322 e. The first kappa shape index (κ1) is 15.4. The Bertz CT molecular complexity index is 831. The minimum absolute atomic E-state index is 0.0400. The Kier molecular flexibility index (Phi) is 4.08. The number of nitrogens with one attached hydrogen (secondary N) is 1. The first-order chi connectivity index (χ1) is 11.7. The highest BCUT2D eigenvalue weighted by molar-refractivity contribution is 7.10. The number of hydrogen-bond acceptors (Lipinski definition) is 4. The van der Waals surface area contributed by atoms with Gasteiger partial charge in [0.25, 0.3) is 0 Å². The van der Waals surface area contributed by atoms with Crippen LogP contribution in [-0.4, -0.2) is 24.0 Å². The fourth-order valence-electron chi connectivity index (χ4n) is 2.95. The maximum atomic E-state index is 12.6. The molecule has 0 saturated heterocycles. The van der Waals surface area contributed by atoms with E-state index in [-0.39, 0.29) is 12.1 Å². The zero-order valence-corrected chi connectivity index (χ0v) is 14.3. The predicted molar refractivity (Wildman–Crippen MR) is 95.6 cm³/mol. The molecule has 1 aromatic heterocycles. The minimum Gasteiger partial charge on any atom is -0.320 e. The van der Waals surface area contributed by atoms with Gasteiger partial charge in [-0.3, -0.25) is 0 Å².